The predicted octanol–water partition coefficient (Wildman–Crippen LogP) is 2.68. The van der Waals surface area contributed by atoms with Crippen molar-refractivity contribution in [1.82, 2.24) is 4.90 Å². The number of nitrogens with two attached hydrogens (primary N) is 1. The van der Waals surface area contributed by atoms with Crippen LogP contribution >= 0.6 is 11.3 Å². The molecular formula is C15H18N2O2S. The van der Waals surface area contributed by atoms with Crippen LogP contribution in [0.25, 0.3) is 0 Å². The largest absolute Gasteiger partial charge is 0.482 e. The number of para-hydroxylation sites is 2. The summed E-state index contributed by atoms with van der Waals surface area (Å²) in [5, 5.41) is 2.03. The Bertz CT molecular complexity index is 595. The molecule has 1 aromatic heterocycles. The van der Waals surface area contributed by atoms with Gasteiger partial charge >= 0.3 is 0 Å². The maximum absolute atomic E-state index is 12.0. The number of ether oxygens (including phenoxy) is 1. The first-order valence-corrected chi connectivity index (χ1v) is 7.20. The van der Waals surface area contributed by atoms with Crippen molar-refractivity contribution in [3.63, 3.8) is 0 Å². The molecule has 1 amide bonds. The zero-order chi connectivity index (χ0) is 14.5. The van der Waals surface area contributed by atoms with Gasteiger partial charge in [-0.1, -0.05) is 12.1 Å². The number of benzene rings is 1. The molecule has 0 fully saturated rings. The van der Waals surface area contributed by atoms with E-state index in [1.807, 2.05) is 24.4 Å². The van der Waals surface area contributed by atoms with E-state index in [1.165, 1.54) is 10.4 Å². The van der Waals surface area contributed by atoms with Gasteiger partial charge in [0.1, 0.15) is 5.75 Å². The number of nitrogens with zero attached hydrogens (tertiary/aromatic N) is 1. The molecule has 5 heteroatoms. The van der Waals surface area contributed by atoms with Crippen LogP contribution in [0, 0.1) is 6.92 Å². The van der Waals surface area contributed by atoms with Crippen LogP contribution in [0.5, 0.6) is 5.75 Å². The molecule has 0 saturated carbocycles. The summed E-state index contributed by atoms with van der Waals surface area (Å²) >= 11 is 1.66. The summed E-state index contributed by atoms with van der Waals surface area (Å²) in [6.45, 7) is 2.65. The SMILES string of the molecule is Cc1ccsc1CN(C)C(=O)COc1ccccc1N. The summed E-state index contributed by atoms with van der Waals surface area (Å²) in [5.41, 5.74) is 7.51. The van der Waals surface area contributed by atoms with E-state index in [0.717, 1.165) is 0 Å². The van der Waals surface area contributed by atoms with E-state index in [-0.39, 0.29) is 12.5 Å². The third-order valence-electron chi connectivity index (χ3n) is 3.04. The molecule has 2 aromatic rings. The molecule has 0 saturated heterocycles. The van der Waals surface area contributed by atoms with Crippen LogP contribution in [0.3, 0.4) is 0 Å². The number of amides is 1. The van der Waals surface area contributed by atoms with Crippen molar-refractivity contribution in [3.8, 4) is 5.75 Å². The van der Waals surface area contributed by atoms with Crippen LogP contribution in [0.2, 0.25) is 0 Å². The quantitative estimate of drug-likeness (QED) is 0.861. The van der Waals surface area contributed by atoms with Crippen molar-refractivity contribution in [2.45, 2.75) is 13.5 Å². The lowest BCUT2D eigenvalue weighted by Gasteiger charge is -2.17. The zero-order valence-corrected chi connectivity index (χ0v) is 12.4. The molecular weight excluding hydrogens is 272 g/mol. The van der Waals surface area contributed by atoms with Gasteiger partial charge in [-0.3, -0.25) is 4.79 Å². The van der Waals surface area contributed by atoms with Crippen LogP contribution in [-0.4, -0.2) is 24.5 Å². The van der Waals surface area contributed by atoms with E-state index in [0.29, 0.717) is 18.0 Å². The molecule has 0 aliphatic heterocycles. The van der Waals surface area contributed by atoms with E-state index in [2.05, 4.69) is 6.07 Å². The number of rotatable bonds is 5. The first-order valence-electron chi connectivity index (χ1n) is 6.32. The minimum absolute atomic E-state index is 0.00483. The zero-order valence-electron chi connectivity index (χ0n) is 11.6. The molecule has 4 nitrogen and oxygen atoms in total. The fourth-order valence-electron chi connectivity index (χ4n) is 1.73. The molecule has 2 N–H and O–H groups in total. The topological polar surface area (TPSA) is 55.6 Å². The lowest BCUT2D eigenvalue weighted by Crippen LogP contribution is -2.30. The number of nitrogen functional groups attached to an aromatic ring is 1. The average molecular weight is 290 g/mol. The molecule has 0 bridgehead atoms. The van der Waals surface area contributed by atoms with Crippen LogP contribution in [0.4, 0.5) is 5.69 Å². The average Bonchev–Trinajstić information content (AvgIpc) is 2.83. The number of thiophene rings is 1. The van der Waals surface area contributed by atoms with E-state index in [1.54, 1.807) is 35.4 Å². The Labute approximate surface area is 122 Å². The summed E-state index contributed by atoms with van der Waals surface area (Å²) < 4.78 is 5.46. The number of carbonyl (C=O) groups excluding carboxylic acids is 1. The highest BCUT2D eigenvalue weighted by atomic mass is 32.1. The molecule has 0 unspecified atom stereocenters. The number of aryl methyl sites for hydroxylation is 1. The van der Waals surface area contributed by atoms with Crippen molar-refractivity contribution in [2.24, 2.45) is 0 Å². The number of carbonyl (C=O) groups is 1. The van der Waals surface area contributed by atoms with Gasteiger partial charge in [0.25, 0.3) is 5.91 Å². The minimum Gasteiger partial charge on any atom is -0.482 e. The molecule has 106 valence electrons. The summed E-state index contributed by atoms with van der Waals surface area (Å²) in [6, 6.07) is 9.22. The second-order valence-electron chi connectivity index (χ2n) is 4.60. The van der Waals surface area contributed by atoms with E-state index in [9.17, 15) is 4.79 Å². The van der Waals surface area contributed by atoms with Crippen molar-refractivity contribution in [3.05, 3.63) is 46.2 Å². The molecule has 0 aliphatic rings. The van der Waals surface area contributed by atoms with Gasteiger partial charge in [-0.05, 0) is 36.1 Å². The minimum atomic E-state index is -0.0685. The normalized spacial score (nSPS) is 10.3. The van der Waals surface area contributed by atoms with E-state index in [4.69, 9.17) is 10.5 Å². The van der Waals surface area contributed by atoms with Crippen LogP contribution < -0.4 is 10.5 Å². The Morgan fingerprint density at radius 3 is 2.75 bits per heavy atom. The highest BCUT2D eigenvalue weighted by molar-refractivity contribution is 7.10. The summed E-state index contributed by atoms with van der Waals surface area (Å²) in [5.74, 6) is 0.475. The first-order chi connectivity index (χ1) is 9.58. The van der Waals surface area contributed by atoms with Crippen molar-refractivity contribution >= 4 is 22.9 Å². The van der Waals surface area contributed by atoms with Gasteiger partial charge < -0.3 is 15.4 Å². The fourth-order valence-corrected chi connectivity index (χ4v) is 2.69. The molecule has 0 aliphatic carbocycles. The number of hydrogen-bond acceptors (Lipinski definition) is 4. The first kappa shape index (κ1) is 14.4. The maximum Gasteiger partial charge on any atom is 0.260 e. The molecule has 1 aromatic carbocycles. The fraction of sp³-hybridized carbons (Fsp3) is 0.267. The van der Waals surface area contributed by atoms with Crippen molar-refractivity contribution in [2.75, 3.05) is 19.4 Å². The van der Waals surface area contributed by atoms with Gasteiger partial charge in [0.05, 0.1) is 12.2 Å². The molecule has 2 rings (SSSR count). The van der Waals surface area contributed by atoms with Gasteiger partial charge in [-0.25, -0.2) is 0 Å². The van der Waals surface area contributed by atoms with Crippen molar-refractivity contribution < 1.29 is 9.53 Å². The van der Waals surface area contributed by atoms with Crippen LogP contribution in [0.15, 0.2) is 35.7 Å². The monoisotopic (exact) mass is 290 g/mol. The Balaban J connectivity index is 1.89. The van der Waals surface area contributed by atoms with E-state index < -0.39 is 0 Å². The lowest BCUT2D eigenvalue weighted by molar-refractivity contribution is -0.132. The van der Waals surface area contributed by atoms with E-state index >= 15 is 0 Å². The summed E-state index contributed by atoms with van der Waals surface area (Å²) in [6.07, 6.45) is 0. The number of hydrogen-bond donors (Lipinski definition) is 1. The summed E-state index contributed by atoms with van der Waals surface area (Å²) in [4.78, 5) is 14.9. The van der Waals surface area contributed by atoms with Gasteiger partial charge in [0.2, 0.25) is 0 Å². The molecule has 0 atom stereocenters. The second-order valence-corrected chi connectivity index (χ2v) is 5.60. The molecule has 20 heavy (non-hydrogen) atoms. The number of likely N-dealkylation sites (N-methyl/N-ethyl adjacent to an activating group) is 1. The van der Waals surface area contributed by atoms with Gasteiger partial charge in [0, 0.05) is 11.9 Å². The molecule has 0 spiro atoms. The van der Waals surface area contributed by atoms with Gasteiger partial charge in [-0.2, -0.15) is 0 Å². The molecule has 1 heterocycles. The van der Waals surface area contributed by atoms with Gasteiger partial charge in [-0.15, -0.1) is 11.3 Å². The Morgan fingerprint density at radius 1 is 1.35 bits per heavy atom. The predicted molar refractivity (Wildman–Crippen MR) is 81.9 cm³/mol. The highest BCUT2D eigenvalue weighted by Gasteiger charge is 2.12. The standard InChI is InChI=1S/C15H18N2O2S/c1-11-7-8-20-14(11)9-17(2)15(18)10-19-13-6-4-3-5-12(13)16/h3-8H,9-10,16H2,1-2H3. The highest BCUT2D eigenvalue weighted by Crippen LogP contribution is 2.20. The second kappa shape index (κ2) is 6.43. The Morgan fingerprint density at radius 2 is 2.10 bits per heavy atom. The van der Waals surface area contributed by atoms with Crippen molar-refractivity contribution in [1.29, 1.82) is 0 Å². The summed E-state index contributed by atoms with van der Waals surface area (Å²) in [7, 11) is 1.78. The third kappa shape index (κ3) is 3.51. The Kier molecular flexibility index (Phi) is 4.63. The smallest absolute Gasteiger partial charge is 0.260 e. The molecule has 0 radical (unpaired) electrons. The van der Waals surface area contributed by atoms with Crippen LogP contribution in [0.1, 0.15) is 10.4 Å². The number of anilines is 1. The maximum atomic E-state index is 12.0. The Hall–Kier alpha value is -2.01. The third-order valence-corrected chi connectivity index (χ3v) is 4.05. The lowest BCUT2D eigenvalue weighted by atomic mass is 10.3. The van der Waals surface area contributed by atoms with Gasteiger partial charge in [0.15, 0.2) is 6.61 Å². The van der Waals surface area contributed by atoms with Crippen LogP contribution in [-0.2, 0) is 11.3 Å².